The second-order valence-corrected chi connectivity index (χ2v) is 3.59. The van der Waals surface area contributed by atoms with E-state index in [2.05, 4.69) is 15.3 Å². The Morgan fingerprint density at radius 1 is 1.38 bits per heavy atom. The molecule has 0 spiro atoms. The molecule has 6 nitrogen and oxygen atoms in total. The van der Waals surface area contributed by atoms with E-state index in [0.717, 1.165) is 0 Å². The van der Waals surface area contributed by atoms with Crippen LogP contribution in [0.15, 0.2) is 12.4 Å². The summed E-state index contributed by atoms with van der Waals surface area (Å²) in [6.45, 7) is 0.615. The Morgan fingerprint density at radius 3 is 2.62 bits per heavy atom. The Bertz CT molecular complexity index is 378. The molecule has 1 rings (SSSR count). The highest BCUT2D eigenvalue weighted by atomic mass is 32.1. The van der Waals surface area contributed by atoms with E-state index in [-0.39, 0.29) is 10.9 Å². The van der Waals surface area contributed by atoms with E-state index >= 15 is 0 Å². The molecule has 0 fully saturated rings. The molecule has 0 aliphatic heterocycles. The van der Waals surface area contributed by atoms with Crippen LogP contribution in [0.5, 0.6) is 0 Å². The largest absolute Gasteiger partial charge is 0.388 e. The molecule has 0 saturated carbocycles. The SMILES string of the molecule is NC(=O)CCCNc1cnc(C(N)=S)cn1. The van der Waals surface area contributed by atoms with Crippen molar-refractivity contribution in [2.45, 2.75) is 12.8 Å². The summed E-state index contributed by atoms with van der Waals surface area (Å²) in [5, 5.41) is 3.00. The fourth-order valence-electron chi connectivity index (χ4n) is 1.03. The molecular weight excluding hydrogens is 226 g/mol. The number of nitrogens with one attached hydrogen (secondary N) is 1. The summed E-state index contributed by atoms with van der Waals surface area (Å²) in [5.74, 6) is 0.307. The summed E-state index contributed by atoms with van der Waals surface area (Å²) in [4.78, 5) is 18.8. The lowest BCUT2D eigenvalue weighted by molar-refractivity contribution is -0.118. The fraction of sp³-hybridized carbons (Fsp3) is 0.333. The molecule has 0 bridgehead atoms. The zero-order valence-corrected chi connectivity index (χ0v) is 9.46. The van der Waals surface area contributed by atoms with E-state index in [0.29, 0.717) is 30.9 Å². The number of primary amides is 1. The van der Waals surface area contributed by atoms with E-state index in [1.165, 1.54) is 6.20 Å². The van der Waals surface area contributed by atoms with Crippen LogP contribution in [0.4, 0.5) is 5.82 Å². The second kappa shape index (κ2) is 5.96. The topological polar surface area (TPSA) is 107 Å². The van der Waals surface area contributed by atoms with Crippen molar-refractivity contribution < 1.29 is 4.79 Å². The number of amides is 1. The van der Waals surface area contributed by atoms with Crippen LogP contribution in [0.3, 0.4) is 0 Å². The standard InChI is InChI=1S/C9H13N5OS/c10-7(15)2-1-3-12-8-5-13-6(4-14-8)9(11)16/h4-5H,1-3H2,(H2,10,15)(H2,11,16)(H,12,14). The molecule has 0 aliphatic rings. The van der Waals surface area contributed by atoms with Gasteiger partial charge < -0.3 is 16.8 Å². The van der Waals surface area contributed by atoms with Crippen LogP contribution >= 0.6 is 12.2 Å². The summed E-state index contributed by atoms with van der Waals surface area (Å²) in [6.07, 6.45) is 4.05. The molecule has 7 heteroatoms. The fourth-order valence-corrected chi connectivity index (χ4v) is 1.13. The molecular formula is C9H13N5OS. The van der Waals surface area contributed by atoms with Crippen molar-refractivity contribution in [3.05, 3.63) is 18.1 Å². The van der Waals surface area contributed by atoms with Crippen LogP contribution in [0, 0.1) is 0 Å². The molecule has 0 atom stereocenters. The van der Waals surface area contributed by atoms with Crippen molar-refractivity contribution in [1.29, 1.82) is 0 Å². The van der Waals surface area contributed by atoms with E-state index in [1.54, 1.807) is 6.20 Å². The number of anilines is 1. The monoisotopic (exact) mass is 239 g/mol. The van der Waals surface area contributed by atoms with Crippen molar-refractivity contribution in [3.63, 3.8) is 0 Å². The lowest BCUT2D eigenvalue weighted by atomic mass is 10.3. The summed E-state index contributed by atoms with van der Waals surface area (Å²) in [6, 6.07) is 0. The van der Waals surface area contributed by atoms with Crippen molar-refractivity contribution in [2.24, 2.45) is 11.5 Å². The van der Waals surface area contributed by atoms with Crippen molar-refractivity contribution in [3.8, 4) is 0 Å². The van der Waals surface area contributed by atoms with Gasteiger partial charge in [0, 0.05) is 13.0 Å². The summed E-state index contributed by atoms with van der Waals surface area (Å²) < 4.78 is 0. The number of thiocarbonyl (C=S) groups is 1. The van der Waals surface area contributed by atoms with Crippen molar-refractivity contribution in [1.82, 2.24) is 9.97 Å². The van der Waals surface area contributed by atoms with Gasteiger partial charge in [0.05, 0.1) is 12.4 Å². The predicted octanol–water partition coefficient (Wildman–Crippen LogP) is -0.212. The van der Waals surface area contributed by atoms with E-state index in [9.17, 15) is 4.79 Å². The lowest BCUT2D eigenvalue weighted by Gasteiger charge is -2.04. The molecule has 86 valence electrons. The first-order valence-corrected chi connectivity index (χ1v) is 5.14. The van der Waals surface area contributed by atoms with Crippen LogP contribution < -0.4 is 16.8 Å². The van der Waals surface area contributed by atoms with Gasteiger partial charge in [0.1, 0.15) is 16.5 Å². The molecule has 0 aromatic carbocycles. The van der Waals surface area contributed by atoms with Gasteiger partial charge in [-0.25, -0.2) is 9.97 Å². The van der Waals surface area contributed by atoms with Crippen LogP contribution in [0.2, 0.25) is 0 Å². The van der Waals surface area contributed by atoms with Gasteiger partial charge in [0.15, 0.2) is 0 Å². The van der Waals surface area contributed by atoms with Gasteiger partial charge in [-0.1, -0.05) is 12.2 Å². The van der Waals surface area contributed by atoms with E-state index in [1.807, 2.05) is 0 Å². The molecule has 0 unspecified atom stereocenters. The van der Waals surface area contributed by atoms with Gasteiger partial charge in [-0.05, 0) is 6.42 Å². The van der Waals surface area contributed by atoms with Gasteiger partial charge in [0.25, 0.3) is 0 Å². The maximum absolute atomic E-state index is 10.5. The molecule has 5 N–H and O–H groups in total. The molecule has 0 radical (unpaired) electrons. The molecule has 0 aliphatic carbocycles. The number of carbonyl (C=O) groups excluding carboxylic acids is 1. The number of hydrogen-bond acceptors (Lipinski definition) is 5. The number of rotatable bonds is 6. The average Bonchev–Trinajstić information content (AvgIpc) is 2.25. The van der Waals surface area contributed by atoms with Gasteiger partial charge in [-0.2, -0.15) is 0 Å². The average molecular weight is 239 g/mol. The Kier molecular flexibility index (Phi) is 4.59. The van der Waals surface area contributed by atoms with Crippen LogP contribution in [0.25, 0.3) is 0 Å². The minimum Gasteiger partial charge on any atom is -0.388 e. The van der Waals surface area contributed by atoms with Gasteiger partial charge in [-0.15, -0.1) is 0 Å². The Morgan fingerprint density at radius 2 is 2.12 bits per heavy atom. The summed E-state index contributed by atoms with van der Waals surface area (Å²) in [5.41, 5.74) is 10.9. The number of nitrogens with zero attached hydrogens (tertiary/aromatic N) is 2. The summed E-state index contributed by atoms with van der Waals surface area (Å²) >= 11 is 4.74. The maximum Gasteiger partial charge on any atom is 0.217 e. The number of aromatic nitrogens is 2. The number of carbonyl (C=O) groups is 1. The van der Waals surface area contributed by atoms with Gasteiger partial charge >= 0.3 is 0 Å². The van der Waals surface area contributed by atoms with Crippen molar-refractivity contribution >= 4 is 28.9 Å². The molecule has 1 amide bonds. The second-order valence-electron chi connectivity index (χ2n) is 3.15. The maximum atomic E-state index is 10.5. The first-order valence-electron chi connectivity index (χ1n) is 4.73. The zero-order chi connectivity index (χ0) is 12.0. The summed E-state index contributed by atoms with van der Waals surface area (Å²) in [7, 11) is 0. The zero-order valence-electron chi connectivity index (χ0n) is 8.64. The smallest absolute Gasteiger partial charge is 0.217 e. The molecule has 1 aromatic heterocycles. The molecule has 16 heavy (non-hydrogen) atoms. The van der Waals surface area contributed by atoms with Crippen LogP contribution in [-0.4, -0.2) is 27.4 Å². The normalized spacial score (nSPS) is 9.75. The van der Waals surface area contributed by atoms with E-state index in [4.69, 9.17) is 23.7 Å². The van der Waals surface area contributed by atoms with Crippen LogP contribution in [0.1, 0.15) is 18.5 Å². The number of hydrogen-bond donors (Lipinski definition) is 3. The Labute approximate surface area is 98.4 Å². The van der Waals surface area contributed by atoms with E-state index < -0.39 is 0 Å². The molecule has 0 saturated heterocycles. The third-order valence-electron chi connectivity index (χ3n) is 1.81. The molecule has 1 aromatic rings. The highest BCUT2D eigenvalue weighted by molar-refractivity contribution is 7.80. The third kappa shape index (κ3) is 4.18. The van der Waals surface area contributed by atoms with Gasteiger partial charge in [0.2, 0.25) is 5.91 Å². The first kappa shape index (κ1) is 12.3. The Balaban J connectivity index is 2.38. The minimum atomic E-state index is -0.309. The van der Waals surface area contributed by atoms with Crippen molar-refractivity contribution in [2.75, 3.05) is 11.9 Å². The highest BCUT2D eigenvalue weighted by Gasteiger charge is 1.99. The predicted molar refractivity (Wildman–Crippen MR) is 64.8 cm³/mol. The number of nitrogens with two attached hydrogens (primary N) is 2. The lowest BCUT2D eigenvalue weighted by Crippen LogP contribution is -2.14. The molecule has 1 heterocycles. The highest BCUT2D eigenvalue weighted by Crippen LogP contribution is 2.01. The van der Waals surface area contributed by atoms with Crippen LogP contribution in [-0.2, 0) is 4.79 Å². The first-order chi connectivity index (χ1) is 7.59. The quantitative estimate of drug-likeness (QED) is 0.468. The Hall–Kier alpha value is -1.76. The van der Waals surface area contributed by atoms with Gasteiger partial charge in [-0.3, -0.25) is 4.79 Å². The minimum absolute atomic E-state index is 0.216. The third-order valence-corrected chi connectivity index (χ3v) is 2.02.